The second-order valence-corrected chi connectivity index (χ2v) is 6.66. The first-order chi connectivity index (χ1) is 11.7. The number of aromatic nitrogens is 3. The van der Waals surface area contributed by atoms with Gasteiger partial charge >= 0.3 is 6.18 Å². The van der Waals surface area contributed by atoms with Gasteiger partial charge in [-0.25, -0.2) is 9.50 Å². The van der Waals surface area contributed by atoms with Gasteiger partial charge in [-0.05, 0) is 53.0 Å². The fourth-order valence-electron chi connectivity index (χ4n) is 2.51. The lowest BCUT2D eigenvalue weighted by molar-refractivity contribution is -0.131. The highest BCUT2D eigenvalue weighted by atomic mass is 79.9. The quantitative estimate of drug-likeness (QED) is 0.644. The molecule has 0 radical (unpaired) electrons. The van der Waals surface area contributed by atoms with Crippen LogP contribution in [0.1, 0.15) is 17.5 Å². The second-order valence-electron chi connectivity index (χ2n) is 5.85. The number of nitrogens with zero attached hydrogens (tertiary/aromatic N) is 3. The molecule has 0 aliphatic rings. The fourth-order valence-corrected chi connectivity index (χ4v) is 2.89. The van der Waals surface area contributed by atoms with E-state index in [1.54, 1.807) is 16.8 Å². The molecule has 0 atom stereocenters. The number of hydrogen-bond acceptors (Lipinski definition) is 3. The first-order valence-electron chi connectivity index (χ1n) is 7.67. The molecule has 0 saturated heterocycles. The van der Waals surface area contributed by atoms with E-state index in [9.17, 15) is 13.2 Å². The topological polar surface area (TPSA) is 42.2 Å². The van der Waals surface area contributed by atoms with Crippen molar-refractivity contribution in [2.75, 3.05) is 11.9 Å². The summed E-state index contributed by atoms with van der Waals surface area (Å²) in [5, 5.41) is 7.19. The van der Waals surface area contributed by atoms with Crippen molar-refractivity contribution in [2.24, 2.45) is 0 Å². The average Bonchev–Trinajstić information content (AvgIpc) is 2.92. The van der Waals surface area contributed by atoms with Gasteiger partial charge in [0, 0.05) is 12.1 Å². The Bertz CT molecular complexity index is 918. The van der Waals surface area contributed by atoms with Gasteiger partial charge in [-0.3, -0.25) is 0 Å². The van der Waals surface area contributed by atoms with Crippen molar-refractivity contribution < 1.29 is 13.2 Å². The molecule has 0 aliphatic heterocycles. The predicted octanol–water partition coefficient (Wildman–Crippen LogP) is 5.14. The van der Waals surface area contributed by atoms with E-state index in [2.05, 4.69) is 31.3 Å². The summed E-state index contributed by atoms with van der Waals surface area (Å²) in [6, 6.07) is 7.66. The molecule has 8 heteroatoms. The maximum Gasteiger partial charge on any atom is 0.390 e. The monoisotopic (exact) mass is 412 g/mol. The van der Waals surface area contributed by atoms with E-state index in [1.807, 2.05) is 32.0 Å². The molecule has 3 aromatic rings. The summed E-state index contributed by atoms with van der Waals surface area (Å²) in [5.74, 6) is 0. The van der Waals surface area contributed by atoms with Crippen molar-refractivity contribution in [3.8, 4) is 11.3 Å². The van der Waals surface area contributed by atoms with Crippen LogP contribution in [0.2, 0.25) is 0 Å². The van der Waals surface area contributed by atoms with Crippen LogP contribution >= 0.6 is 15.9 Å². The van der Waals surface area contributed by atoms with Gasteiger partial charge in [-0.1, -0.05) is 12.1 Å². The Morgan fingerprint density at radius 1 is 1.16 bits per heavy atom. The SMILES string of the molecule is Cc1ccc(-c2cnc3c(NCCC(F)(F)F)cc(Br)nn23)cc1C. The van der Waals surface area contributed by atoms with Crippen molar-refractivity contribution in [2.45, 2.75) is 26.4 Å². The van der Waals surface area contributed by atoms with Gasteiger partial charge in [-0.15, -0.1) is 0 Å². The molecule has 0 fully saturated rings. The molecule has 0 spiro atoms. The summed E-state index contributed by atoms with van der Waals surface area (Å²) in [5.41, 5.74) is 5.03. The normalized spacial score (nSPS) is 11.9. The number of benzene rings is 1. The lowest BCUT2D eigenvalue weighted by Gasteiger charge is -2.11. The Kier molecular flexibility index (Phi) is 4.73. The summed E-state index contributed by atoms with van der Waals surface area (Å²) in [6.07, 6.45) is -3.44. The van der Waals surface area contributed by atoms with Crippen LogP contribution in [0.4, 0.5) is 18.9 Å². The second kappa shape index (κ2) is 6.67. The number of rotatable bonds is 4. The van der Waals surface area contributed by atoms with Gasteiger partial charge in [0.1, 0.15) is 4.60 Å². The van der Waals surface area contributed by atoms with Crippen LogP contribution in [0, 0.1) is 13.8 Å². The van der Waals surface area contributed by atoms with E-state index in [-0.39, 0.29) is 6.54 Å². The fraction of sp³-hybridized carbons (Fsp3) is 0.294. The number of hydrogen-bond donors (Lipinski definition) is 1. The maximum absolute atomic E-state index is 12.4. The van der Waals surface area contributed by atoms with Crippen LogP contribution in [-0.2, 0) is 0 Å². The summed E-state index contributed by atoms with van der Waals surface area (Å²) in [4.78, 5) is 4.34. The zero-order valence-corrected chi connectivity index (χ0v) is 15.2. The molecule has 4 nitrogen and oxygen atoms in total. The summed E-state index contributed by atoms with van der Waals surface area (Å²) < 4.78 is 39.2. The summed E-state index contributed by atoms with van der Waals surface area (Å²) in [7, 11) is 0. The molecular weight excluding hydrogens is 397 g/mol. The van der Waals surface area contributed by atoms with Gasteiger partial charge in [0.05, 0.1) is 24.0 Å². The molecular formula is C17H16BrF3N4. The van der Waals surface area contributed by atoms with E-state index in [0.717, 1.165) is 16.8 Å². The third kappa shape index (κ3) is 3.95. The van der Waals surface area contributed by atoms with E-state index >= 15 is 0 Å². The minimum Gasteiger partial charge on any atom is -0.382 e. The summed E-state index contributed by atoms with van der Waals surface area (Å²) >= 11 is 3.31. The largest absolute Gasteiger partial charge is 0.390 e. The van der Waals surface area contributed by atoms with Crippen molar-refractivity contribution in [1.29, 1.82) is 0 Å². The molecule has 132 valence electrons. The Hall–Kier alpha value is -2.09. The van der Waals surface area contributed by atoms with Crippen LogP contribution in [0.25, 0.3) is 16.9 Å². The first kappa shape index (κ1) is 17.7. The number of alkyl halides is 3. The van der Waals surface area contributed by atoms with Crippen LogP contribution in [-0.4, -0.2) is 27.3 Å². The molecule has 3 rings (SSSR count). The molecule has 0 saturated carbocycles. The Labute approximate surface area is 151 Å². The molecule has 2 heterocycles. The van der Waals surface area contributed by atoms with E-state index in [4.69, 9.17) is 0 Å². The van der Waals surface area contributed by atoms with Gasteiger partial charge in [0.25, 0.3) is 0 Å². The number of anilines is 1. The molecule has 1 aromatic carbocycles. The smallest absolute Gasteiger partial charge is 0.382 e. The zero-order chi connectivity index (χ0) is 18.2. The van der Waals surface area contributed by atoms with Gasteiger partial charge in [0.15, 0.2) is 5.65 Å². The number of halogens is 4. The van der Waals surface area contributed by atoms with E-state index in [0.29, 0.717) is 15.9 Å². The Morgan fingerprint density at radius 3 is 2.60 bits per heavy atom. The van der Waals surface area contributed by atoms with E-state index < -0.39 is 12.6 Å². The molecule has 0 aliphatic carbocycles. The summed E-state index contributed by atoms with van der Waals surface area (Å²) in [6.45, 7) is 3.84. The number of imidazole rings is 1. The van der Waals surface area contributed by atoms with Gasteiger partial charge < -0.3 is 5.32 Å². The van der Waals surface area contributed by atoms with E-state index in [1.165, 1.54) is 5.56 Å². The number of aryl methyl sites for hydroxylation is 2. The molecule has 0 unspecified atom stereocenters. The number of fused-ring (bicyclic) bond motifs is 1. The standard InChI is InChI=1S/C17H16BrF3N4/c1-10-3-4-12(7-11(10)2)14-9-23-16-13(8-15(18)24-25(14)16)22-6-5-17(19,20)21/h3-4,7-9,22H,5-6H2,1-2H3. The van der Waals surface area contributed by atoms with Crippen molar-refractivity contribution >= 4 is 27.3 Å². The van der Waals surface area contributed by atoms with Crippen LogP contribution in [0.3, 0.4) is 0 Å². The van der Waals surface area contributed by atoms with Gasteiger partial charge in [-0.2, -0.15) is 18.3 Å². The maximum atomic E-state index is 12.4. The van der Waals surface area contributed by atoms with Crippen LogP contribution in [0.15, 0.2) is 35.1 Å². The average molecular weight is 413 g/mol. The van der Waals surface area contributed by atoms with Crippen molar-refractivity contribution in [3.05, 3.63) is 46.2 Å². The molecule has 0 bridgehead atoms. The highest BCUT2D eigenvalue weighted by molar-refractivity contribution is 9.10. The van der Waals surface area contributed by atoms with Crippen molar-refractivity contribution in [3.63, 3.8) is 0 Å². The third-order valence-corrected chi connectivity index (χ3v) is 4.35. The van der Waals surface area contributed by atoms with Crippen molar-refractivity contribution in [1.82, 2.24) is 14.6 Å². The molecule has 0 amide bonds. The Balaban J connectivity index is 1.99. The van der Waals surface area contributed by atoms with Gasteiger partial charge in [0.2, 0.25) is 0 Å². The Morgan fingerprint density at radius 2 is 1.92 bits per heavy atom. The third-order valence-electron chi connectivity index (χ3n) is 3.96. The number of nitrogens with one attached hydrogen (secondary N) is 1. The zero-order valence-electron chi connectivity index (χ0n) is 13.7. The molecule has 1 N–H and O–H groups in total. The molecule has 2 aromatic heterocycles. The molecule has 25 heavy (non-hydrogen) atoms. The highest BCUT2D eigenvalue weighted by Gasteiger charge is 2.26. The minimum atomic E-state index is -4.20. The first-order valence-corrected chi connectivity index (χ1v) is 8.46. The van der Waals surface area contributed by atoms with Crippen LogP contribution < -0.4 is 5.32 Å². The lowest BCUT2D eigenvalue weighted by Crippen LogP contribution is -2.15. The van der Waals surface area contributed by atoms with Crippen LogP contribution in [0.5, 0.6) is 0 Å². The predicted molar refractivity (Wildman–Crippen MR) is 94.8 cm³/mol. The minimum absolute atomic E-state index is 0.221. The highest BCUT2D eigenvalue weighted by Crippen LogP contribution is 2.28. The lowest BCUT2D eigenvalue weighted by atomic mass is 10.0.